The highest BCUT2D eigenvalue weighted by atomic mass is 16.5. The fraction of sp³-hybridized carbons (Fsp3) is 0.611. The van der Waals surface area contributed by atoms with Gasteiger partial charge in [0.25, 0.3) is 0 Å². The molecular weight excluding hydrogens is 290 g/mol. The van der Waals surface area contributed by atoms with Gasteiger partial charge < -0.3 is 20.1 Å². The van der Waals surface area contributed by atoms with Gasteiger partial charge in [0.1, 0.15) is 0 Å². The lowest BCUT2D eigenvalue weighted by molar-refractivity contribution is -0.0320. The molecule has 1 aliphatic rings. The molecule has 0 amide bonds. The molecule has 1 fully saturated rings. The van der Waals surface area contributed by atoms with Gasteiger partial charge in [0.2, 0.25) is 0 Å². The molecule has 0 aliphatic carbocycles. The number of hydrogen-bond donors (Lipinski definition) is 2. The van der Waals surface area contributed by atoms with Crippen LogP contribution in [0, 0.1) is 0 Å². The van der Waals surface area contributed by atoms with Crippen LogP contribution in [0.15, 0.2) is 35.3 Å². The van der Waals surface area contributed by atoms with Crippen LogP contribution in [0.5, 0.6) is 0 Å². The predicted molar refractivity (Wildman–Crippen MR) is 93.9 cm³/mol. The summed E-state index contributed by atoms with van der Waals surface area (Å²) in [7, 11) is 1.80. The first-order valence-corrected chi connectivity index (χ1v) is 8.56. The second-order valence-electron chi connectivity index (χ2n) is 5.70. The molecule has 0 saturated carbocycles. The zero-order valence-electron chi connectivity index (χ0n) is 14.1. The summed E-state index contributed by atoms with van der Waals surface area (Å²) >= 11 is 0. The number of benzene rings is 1. The molecule has 0 radical (unpaired) electrons. The standard InChI is InChI=1S/C18H29N3O2/c1-19-18(21-12-8-16-6-3-2-4-7-16)20-11-5-13-23-17-9-14-22-15-10-17/h2-4,6-7,17H,5,8-15H2,1H3,(H2,19,20,21). The van der Waals surface area contributed by atoms with E-state index < -0.39 is 0 Å². The summed E-state index contributed by atoms with van der Waals surface area (Å²) in [6, 6.07) is 10.5. The van der Waals surface area contributed by atoms with Gasteiger partial charge in [-0.2, -0.15) is 0 Å². The smallest absolute Gasteiger partial charge is 0.190 e. The topological polar surface area (TPSA) is 54.9 Å². The second-order valence-corrected chi connectivity index (χ2v) is 5.70. The zero-order chi connectivity index (χ0) is 16.2. The molecule has 1 aliphatic heterocycles. The maximum atomic E-state index is 5.86. The van der Waals surface area contributed by atoms with Gasteiger partial charge in [-0.1, -0.05) is 30.3 Å². The minimum absolute atomic E-state index is 0.382. The lowest BCUT2D eigenvalue weighted by atomic mass is 10.1. The van der Waals surface area contributed by atoms with Gasteiger partial charge in [0, 0.05) is 40.0 Å². The van der Waals surface area contributed by atoms with E-state index in [-0.39, 0.29) is 0 Å². The van der Waals surface area contributed by atoms with Crippen LogP contribution in [0.25, 0.3) is 0 Å². The summed E-state index contributed by atoms with van der Waals surface area (Å²) in [5.74, 6) is 0.854. The Kier molecular flexibility index (Phi) is 8.51. The minimum Gasteiger partial charge on any atom is -0.381 e. The van der Waals surface area contributed by atoms with Crippen molar-refractivity contribution in [1.29, 1.82) is 0 Å². The van der Waals surface area contributed by atoms with E-state index in [1.165, 1.54) is 5.56 Å². The van der Waals surface area contributed by atoms with Gasteiger partial charge in [0.15, 0.2) is 5.96 Å². The number of hydrogen-bond acceptors (Lipinski definition) is 3. The Labute approximate surface area is 139 Å². The van der Waals surface area contributed by atoms with Crippen LogP contribution in [0.3, 0.4) is 0 Å². The molecule has 1 aromatic rings. The highest BCUT2D eigenvalue weighted by Gasteiger charge is 2.13. The van der Waals surface area contributed by atoms with Crippen molar-refractivity contribution in [2.75, 3.05) is 40.0 Å². The van der Waals surface area contributed by atoms with Crippen LogP contribution in [0.1, 0.15) is 24.8 Å². The Morgan fingerprint density at radius 2 is 1.91 bits per heavy atom. The Morgan fingerprint density at radius 1 is 1.17 bits per heavy atom. The zero-order valence-corrected chi connectivity index (χ0v) is 14.1. The molecule has 1 heterocycles. The second kappa shape index (κ2) is 11.0. The molecule has 0 bridgehead atoms. The third kappa shape index (κ3) is 7.48. The van der Waals surface area contributed by atoms with Crippen LogP contribution in [-0.2, 0) is 15.9 Å². The maximum Gasteiger partial charge on any atom is 0.190 e. The Bertz CT molecular complexity index is 445. The number of rotatable bonds is 8. The van der Waals surface area contributed by atoms with Crippen molar-refractivity contribution in [3.63, 3.8) is 0 Å². The van der Waals surface area contributed by atoms with Crippen molar-refractivity contribution in [2.45, 2.75) is 31.8 Å². The lowest BCUT2D eigenvalue weighted by Crippen LogP contribution is -2.39. The van der Waals surface area contributed by atoms with Gasteiger partial charge in [-0.05, 0) is 31.2 Å². The third-order valence-electron chi connectivity index (χ3n) is 3.91. The summed E-state index contributed by atoms with van der Waals surface area (Å²) in [5, 5.41) is 6.67. The number of ether oxygens (including phenoxy) is 2. The van der Waals surface area contributed by atoms with E-state index >= 15 is 0 Å². The van der Waals surface area contributed by atoms with Crippen molar-refractivity contribution in [2.24, 2.45) is 4.99 Å². The van der Waals surface area contributed by atoms with Crippen LogP contribution in [0.4, 0.5) is 0 Å². The summed E-state index contributed by atoms with van der Waals surface area (Å²) < 4.78 is 11.2. The van der Waals surface area contributed by atoms with Gasteiger partial charge in [0.05, 0.1) is 6.10 Å². The van der Waals surface area contributed by atoms with E-state index in [1.54, 1.807) is 7.05 Å². The lowest BCUT2D eigenvalue weighted by Gasteiger charge is -2.22. The SMILES string of the molecule is CN=C(NCCCOC1CCOCC1)NCCc1ccccc1. The molecular formula is C18H29N3O2. The van der Waals surface area contributed by atoms with Crippen molar-refractivity contribution in [1.82, 2.24) is 10.6 Å². The van der Waals surface area contributed by atoms with Gasteiger partial charge in [-0.15, -0.1) is 0 Å². The van der Waals surface area contributed by atoms with Crippen LogP contribution in [-0.4, -0.2) is 52.0 Å². The monoisotopic (exact) mass is 319 g/mol. The Hall–Kier alpha value is -1.59. The highest BCUT2D eigenvalue weighted by Crippen LogP contribution is 2.10. The largest absolute Gasteiger partial charge is 0.381 e. The summed E-state index contributed by atoms with van der Waals surface area (Å²) in [6.45, 7) is 4.21. The van der Waals surface area contributed by atoms with Crippen LogP contribution in [0.2, 0.25) is 0 Å². The van der Waals surface area contributed by atoms with Gasteiger partial charge >= 0.3 is 0 Å². The third-order valence-corrected chi connectivity index (χ3v) is 3.91. The molecule has 0 atom stereocenters. The first-order chi connectivity index (χ1) is 11.4. The molecule has 0 aromatic heterocycles. The summed E-state index contributed by atoms with van der Waals surface area (Å²) in [4.78, 5) is 4.24. The van der Waals surface area contributed by atoms with E-state index in [0.717, 1.165) is 64.6 Å². The first-order valence-electron chi connectivity index (χ1n) is 8.56. The number of aliphatic imine (C=N–C) groups is 1. The maximum absolute atomic E-state index is 5.86. The minimum atomic E-state index is 0.382. The summed E-state index contributed by atoms with van der Waals surface area (Å²) in [5.41, 5.74) is 1.33. The molecule has 23 heavy (non-hydrogen) atoms. The molecule has 5 nitrogen and oxygen atoms in total. The Balaban J connectivity index is 1.51. The van der Waals surface area contributed by atoms with E-state index in [2.05, 4.69) is 39.9 Å². The van der Waals surface area contributed by atoms with E-state index in [4.69, 9.17) is 9.47 Å². The molecule has 0 spiro atoms. The molecule has 2 rings (SSSR count). The van der Waals surface area contributed by atoms with E-state index in [9.17, 15) is 0 Å². The molecule has 1 saturated heterocycles. The first kappa shape index (κ1) is 17.8. The van der Waals surface area contributed by atoms with Crippen molar-refractivity contribution >= 4 is 5.96 Å². The average Bonchev–Trinajstić information content (AvgIpc) is 2.61. The van der Waals surface area contributed by atoms with Crippen LogP contribution < -0.4 is 10.6 Å². The quantitative estimate of drug-likeness (QED) is 0.437. The van der Waals surface area contributed by atoms with Crippen molar-refractivity contribution in [3.05, 3.63) is 35.9 Å². The summed E-state index contributed by atoms with van der Waals surface area (Å²) in [6.07, 6.45) is 4.41. The van der Waals surface area contributed by atoms with Crippen LogP contribution >= 0.6 is 0 Å². The van der Waals surface area contributed by atoms with Crippen molar-refractivity contribution < 1.29 is 9.47 Å². The number of guanidine groups is 1. The van der Waals surface area contributed by atoms with Gasteiger partial charge in [-0.3, -0.25) is 4.99 Å². The fourth-order valence-electron chi connectivity index (χ4n) is 2.56. The normalized spacial score (nSPS) is 16.3. The van der Waals surface area contributed by atoms with Gasteiger partial charge in [-0.25, -0.2) is 0 Å². The number of nitrogens with zero attached hydrogens (tertiary/aromatic N) is 1. The fourth-order valence-corrected chi connectivity index (χ4v) is 2.56. The molecule has 2 N–H and O–H groups in total. The number of nitrogens with one attached hydrogen (secondary N) is 2. The Morgan fingerprint density at radius 3 is 2.65 bits per heavy atom. The molecule has 128 valence electrons. The van der Waals surface area contributed by atoms with Crippen molar-refractivity contribution in [3.8, 4) is 0 Å². The van der Waals surface area contributed by atoms with E-state index in [1.807, 2.05) is 6.07 Å². The predicted octanol–water partition coefficient (Wildman–Crippen LogP) is 1.98. The van der Waals surface area contributed by atoms with E-state index in [0.29, 0.717) is 6.10 Å². The average molecular weight is 319 g/mol. The molecule has 5 heteroatoms. The molecule has 0 unspecified atom stereocenters. The highest BCUT2D eigenvalue weighted by molar-refractivity contribution is 5.79. The molecule has 1 aromatic carbocycles.